The van der Waals surface area contributed by atoms with Crippen LogP contribution in [-0.2, 0) is 7.05 Å². The standard InChI is InChI=1S/C21H20N4O6/c1-11-5-12(2)13(3)18(6-11)31-16-8-14(7-15(9-16)25(29)30)22-20(26)17-10-24(4)23-19(17)21(27)28/h5-10H,1-4H3,(H,22,26)(H,27,28). The molecule has 0 spiro atoms. The van der Waals surface area contributed by atoms with Gasteiger partial charge in [-0.05, 0) is 43.5 Å². The number of aryl methyl sites for hydroxylation is 3. The van der Waals surface area contributed by atoms with Crippen molar-refractivity contribution in [3.05, 3.63) is 74.6 Å². The first-order valence-corrected chi connectivity index (χ1v) is 9.18. The molecule has 0 saturated carbocycles. The van der Waals surface area contributed by atoms with Crippen LogP contribution in [0.1, 0.15) is 37.5 Å². The number of nitrogens with zero attached hydrogens (tertiary/aromatic N) is 3. The zero-order chi connectivity index (χ0) is 22.9. The third-order valence-electron chi connectivity index (χ3n) is 4.63. The Kier molecular flexibility index (Phi) is 5.73. The number of carbonyl (C=O) groups excluding carboxylic acids is 1. The molecule has 1 amide bonds. The van der Waals surface area contributed by atoms with Gasteiger partial charge in [-0.1, -0.05) is 6.07 Å². The van der Waals surface area contributed by atoms with Crippen molar-refractivity contribution in [1.82, 2.24) is 9.78 Å². The molecule has 2 N–H and O–H groups in total. The van der Waals surface area contributed by atoms with Gasteiger partial charge in [0.05, 0.1) is 22.2 Å². The highest BCUT2D eigenvalue weighted by atomic mass is 16.6. The second-order valence-electron chi connectivity index (χ2n) is 7.10. The van der Waals surface area contributed by atoms with Crippen molar-refractivity contribution in [2.24, 2.45) is 7.05 Å². The maximum Gasteiger partial charge on any atom is 0.357 e. The molecule has 0 bridgehead atoms. The van der Waals surface area contributed by atoms with E-state index in [9.17, 15) is 24.8 Å². The molecular formula is C21H20N4O6. The summed E-state index contributed by atoms with van der Waals surface area (Å²) >= 11 is 0. The second kappa shape index (κ2) is 8.27. The molecule has 0 fully saturated rings. The van der Waals surface area contributed by atoms with Crippen molar-refractivity contribution >= 4 is 23.3 Å². The Bertz CT molecular complexity index is 1210. The van der Waals surface area contributed by atoms with E-state index in [1.54, 1.807) is 0 Å². The molecule has 10 nitrogen and oxygen atoms in total. The summed E-state index contributed by atoms with van der Waals surface area (Å²) in [6, 6.07) is 7.65. The maximum absolute atomic E-state index is 12.6. The molecule has 3 aromatic rings. The van der Waals surface area contributed by atoms with Crippen LogP contribution in [0, 0.1) is 30.9 Å². The van der Waals surface area contributed by atoms with Gasteiger partial charge in [0.2, 0.25) is 0 Å². The van der Waals surface area contributed by atoms with Gasteiger partial charge in [0, 0.05) is 25.4 Å². The van der Waals surface area contributed by atoms with Crippen molar-refractivity contribution in [1.29, 1.82) is 0 Å². The fourth-order valence-corrected chi connectivity index (χ4v) is 3.06. The van der Waals surface area contributed by atoms with Gasteiger partial charge in [-0.3, -0.25) is 19.6 Å². The number of rotatable bonds is 6. The first-order chi connectivity index (χ1) is 14.5. The highest BCUT2D eigenvalue weighted by Gasteiger charge is 2.22. The predicted molar refractivity (Wildman–Crippen MR) is 112 cm³/mol. The molecule has 10 heteroatoms. The number of ether oxygens (including phenoxy) is 1. The summed E-state index contributed by atoms with van der Waals surface area (Å²) in [5.41, 5.74) is 2.04. The number of carboxylic acids is 1. The largest absolute Gasteiger partial charge is 0.476 e. The van der Waals surface area contributed by atoms with Crippen LogP contribution in [0.5, 0.6) is 11.5 Å². The van der Waals surface area contributed by atoms with Gasteiger partial charge >= 0.3 is 5.97 Å². The number of hydrogen-bond donors (Lipinski definition) is 2. The number of non-ortho nitro benzene ring substituents is 1. The van der Waals surface area contributed by atoms with Gasteiger partial charge in [0.1, 0.15) is 11.5 Å². The van der Waals surface area contributed by atoms with Crippen LogP contribution in [0.4, 0.5) is 11.4 Å². The minimum absolute atomic E-state index is 0.0800. The number of nitro benzene ring substituents is 1. The van der Waals surface area contributed by atoms with Gasteiger partial charge in [0.25, 0.3) is 11.6 Å². The molecule has 0 aliphatic carbocycles. The molecule has 31 heavy (non-hydrogen) atoms. The van der Waals surface area contributed by atoms with Crippen LogP contribution in [0.15, 0.2) is 36.5 Å². The Hall–Kier alpha value is -4.21. The fraction of sp³-hybridized carbons (Fsp3) is 0.190. The topological polar surface area (TPSA) is 137 Å². The van der Waals surface area contributed by atoms with Crippen LogP contribution in [-0.4, -0.2) is 31.7 Å². The van der Waals surface area contributed by atoms with Crippen molar-refractivity contribution in [3.8, 4) is 11.5 Å². The molecule has 0 unspecified atom stereocenters. The molecule has 1 heterocycles. The molecular weight excluding hydrogens is 404 g/mol. The number of aromatic nitrogens is 2. The van der Waals surface area contributed by atoms with E-state index in [4.69, 9.17) is 4.74 Å². The summed E-state index contributed by atoms with van der Waals surface area (Å²) in [6.07, 6.45) is 1.26. The van der Waals surface area contributed by atoms with Crippen LogP contribution in [0.25, 0.3) is 0 Å². The highest BCUT2D eigenvalue weighted by Crippen LogP contribution is 2.33. The number of carboxylic acid groups (broad SMARTS) is 1. The van der Waals surface area contributed by atoms with Gasteiger partial charge < -0.3 is 15.2 Å². The molecule has 0 aliphatic heterocycles. The average Bonchev–Trinajstić information content (AvgIpc) is 3.08. The molecule has 0 saturated heterocycles. The molecule has 2 aromatic carbocycles. The van der Waals surface area contributed by atoms with Crippen molar-refractivity contribution in [2.45, 2.75) is 20.8 Å². The minimum Gasteiger partial charge on any atom is -0.476 e. The summed E-state index contributed by atoms with van der Waals surface area (Å²) in [6.45, 7) is 5.72. The predicted octanol–water partition coefficient (Wildman–Crippen LogP) is 4.00. The van der Waals surface area contributed by atoms with Crippen molar-refractivity contribution in [3.63, 3.8) is 0 Å². The number of benzene rings is 2. The number of anilines is 1. The summed E-state index contributed by atoms with van der Waals surface area (Å²) in [5, 5.41) is 26.8. The van der Waals surface area contributed by atoms with E-state index in [-0.39, 0.29) is 22.7 Å². The molecule has 1 aromatic heterocycles. The van der Waals surface area contributed by atoms with Gasteiger partial charge in [0.15, 0.2) is 5.69 Å². The lowest BCUT2D eigenvalue weighted by Gasteiger charge is -2.13. The lowest BCUT2D eigenvalue weighted by molar-refractivity contribution is -0.384. The molecule has 0 aliphatic rings. The zero-order valence-electron chi connectivity index (χ0n) is 17.3. The van der Waals surface area contributed by atoms with Crippen molar-refractivity contribution in [2.75, 3.05) is 5.32 Å². The Morgan fingerprint density at radius 2 is 1.87 bits per heavy atom. The highest BCUT2D eigenvalue weighted by molar-refractivity contribution is 6.10. The number of carbonyl (C=O) groups is 2. The van der Waals surface area contributed by atoms with Crippen LogP contribution in [0.2, 0.25) is 0 Å². The van der Waals surface area contributed by atoms with E-state index in [0.717, 1.165) is 22.8 Å². The normalized spacial score (nSPS) is 10.6. The third kappa shape index (κ3) is 4.69. The van der Waals surface area contributed by atoms with E-state index in [2.05, 4.69) is 10.4 Å². The SMILES string of the molecule is Cc1cc(C)c(C)c(Oc2cc(NC(=O)c3cn(C)nc3C(=O)O)cc([N+](=O)[O-])c2)c1. The van der Waals surface area contributed by atoms with Gasteiger partial charge in [-0.25, -0.2) is 4.79 Å². The van der Waals surface area contributed by atoms with Crippen LogP contribution < -0.4 is 10.1 Å². The fourth-order valence-electron chi connectivity index (χ4n) is 3.06. The lowest BCUT2D eigenvalue weighted by atomic mass is 10.1. The van der Waals surface area contributed by atoms with Gasteiger partial charge in [-0.15, -0.1) is 0 Å². The van der Waals surface area contributed by atoms with E-state index in [1.165, 1.54) is 30.1 Å². The number of amides is 1. The number of nitrogens with one attached hydrogen (secondary N) is 1. The quantitative estimate of drug-likeness (QED) is 0.451. The van der Waals surface area contributed by atoms with E-state index in [0.29, 0.717) is 5.75 Å². The number of nitro groups is 1. The van der Waals surface area contributed by atoms with Crippen LogP contribution >= 0.6 is 0 Å². The average molecular weight is 424 g/mol. The Morgan fingerprint density at radius 1 is 1.16 bits per heavy atom. The molecule has 0 atom stereocenters. The molecule has 160 valence electrons. The maximum atomic E-state index is 12.6. The number of hydrogen-bond acceptors (Lipinski definition) is 6. The Balaban J connectivity index is 1.97. The summed E-state index contributed by atoms with van der Waals surface area (Å²) in [4.78, 5) is 34.7. The first-order valence-electron chi connectivity index (χ1n) is 9.18. The molecule has 0 radical (unpaired) electrons. The molecule has 3 rings (SSSR count). The zero-order valence-corrected chi connectivity index (χ0v) is 17.3. The van der Waals surface area contributed by atoms with Crippen LogP contribution in [0.3, 0.4) is 0 Å². The van der Waals surface area contributed by atoms with E-state index in [1.807, 2.05) is 32.9 Å². The Morgan fingerprint density at radius 3 is 2.52 bits per heavy atom. The minimum atomic E-state index is -1.36. The smallest absolute Gasteiger partial charge is 0.357 e. The second-order valence-corrected chi connectivity index (χ2v) is 7.10. The third-order valence-corrected chi connectivity index (χ3v) is 4.63. The summed E-state index contributed by atoms with van der Waals surface area (Å²) in [7, 11) is 1.48. The first kappa shape index (κ1) is 21.5. The summed E-state index contributed by atoms with van der Waals surface area (Å²) < 4.78 is 7.09. The lowest BCUT2D eigenvalue weighted by Crippen LogP contribution is -2.15. The van der Waals surface area contributed by atoms with E-state index < -0.39 is 22.5 Å². The number of aromatic carboxylic acids is 1. The Labute approximate surface area is 177 Å². The van der Waals surface area contributed by atoms with Crippen molar-refractivity contribution < 1.29 is 24.4 Å². The van der Waals surface area contributed by atoms with Gasteiger partial charge in [-0.2, -0.15) is 5.10 Å². The van der Waals surface area contributed by atoms with E-state index >= 15 is 0 Å². The monoisotopic (exact) mass is 424 g/mol. The summed E-state index contributed by atoms with van der Waals surface area (Å²) in [5.74, 6) is -1.43.